The molecule has 0 bridgehead atoms. The molecule has 0 aliphatic carbocycles. The molecule has 0 aromatic heterocycles. The maximum atomic E-state index is 11.5. The molecule has 0 atom stereocenters. The number of non-ortho nitro benzene ring substituents is 1. The lowest BCUT2D eigenvalue weighted by Crippen LogP contribution is -2.04. The van der Waals surface area contributed by atoms with Crippen molar-refractivity contribution in [3.63, 3.8) is 0 Å². The van der Waals surface area contributed by atoms with Crippen LogP contribution in [0.5, 0.6) is 5.75 Å². The highest BCUT2D eigenvalue weighted by Crippen LogP contribution is 2.17. The molecule has 5 heteroatoms. The maximum Gasteiger partial charge on any atom is 0.389 e. The van der Waals surface area contributed by atoms with Crippen LogP contribution in [0.4, 0.5) is 5.69 Å². The second-order valence-corrected chi connectivity index (χ2v) is 5.67. The third-order valence-corrected chi connectivity index (χ3v) is 3.60. The van der Waals surface area contributed by atoms with Gasteiger partial charge in [-0.1, -0.05) is 57.8 Å². The van der Waals surface area contributed by atoms with Gasteiger partial charge in [0.2, 0.25) is 0 Å². The van der Waals surface area contributed by atoms with Gasteiger partial charge in [0.1, 0.15) is 5.75 Å². The van der Waals surface area contributed by atoms with Crippen molar-refractivity contribution in [1.29, 1.82) is 0 Å². The minimum atomic E-state index is -0.636. The van der Waals surface area contributed by atoms with Crippen LogP contribution in [0.2, 0.25) is 0 Å². The second-order valence-electron chi connectivity index (χ2n) is 5.67. The van der Waals surface area contributed by atoms with Gasteiger partial charge in [0.05, 0.1) is 4.92 Å². The number of esters is 1. The first kappa shape index (κ1) is 19.7. The van der Waals surface area contributed by atoms with Crippen molar-refractivity contribution >= 4 is 11.7 Å². The highest BCUT2D eigenvalue weighted by atomic mass is 16.6. The molecule has 0 spiro atoms. The molecule has 0 saturated heterocycles. The van der Waals surface area contributed by atoms with Gasteiger partial charge in [-0.3, -0.25) is 10.1 Å². The Morgan fingerprint density at radius 3 is 2.21 bits per heavy atom. The molecule has 24 heavy (non-hydrogen) atoms. The van der Waals surface area contributed by atoms with Crippen LogP contribution < -0.4 is 4.74 Å². The fraction of sp³-hybridized carbons (Fsp3) is 0.526. The van der Waals surface area contributed by atoms with Crippen LogP contribution in [-0.2, 0) is 4.79 Å². The second kappa shape index (κ2) is 12.1. The Labute approximate surface area is 143 Å². The Kier molecular flexibility index (Phi) is 9.95. The van der Waals surface area contributed by atoms with Crippen LogP contribution in [0.3, 0.4) is 0 Å². The summed E-state index contributed by atoms with van der Waals surface area (Å²) in [6.45, 7) is 2.21. The SMILES string of the molecule is CCCCCCCCCCC#CC(=O)Oc1ccc([N+](=O)[O-])cc1. The van der Waals surface area contributed by atoms with E-state index in [1.165, 1.54) is 62.8 Å². The Hall–Kier alpha value is -2.35. The zero-order chi connectivity index (χ0) is 17.6. The lowest BCUT2D eigenvalue weighted by atomic mass is 10.1. The topological polar surface area (TPSA) is 69.4 Å². The van der Waals surface area contributed by atoms with Crippen LogP contribution in [0.1, 0.15) is 64.7 Å². The predicted molar refractivity (Wildman–Crippen MR) is 93.7 cm³/mol. The average molecular weight is 331 g/mol. The Bertz CT molecular complexity index is 569. The Morgan fingerprint density at radius 1 is 1.04 bits per heavy atom. The van der Waals surface area contributed by atoms with Crippen molar-refractivity contribution in [3.05, 3.63) is 34.4 Å². The van der Waals surface area contributed by atoms with Gasteiger partial charge in [0, 0.05) is 24.5 Å². The van der Waals surface area contributed by atoms with Gasteiger partial charge in [0.25, 0.3) is 5.69 Å². The smallest absolute Gasteiger partial charge is 0.389 e. The first-order valence-corrected chi connectivity index (χ1v) is 8.58. The van der Waals surface area contributed by atoms with E-state index in [4.69, 9.17) is 4.74 Å². The van der Waals surface area contributed by atoms with E-state index in [1.807, 2.05) is 0 Å². The summed E-state index contributed by atoms with van der Waals surface area (Å²) in [4.78, 5) is 21.6. The lowest BCUT2D eigenvalue weighted by molar-refractivity contribution is -0.384. The minimum absolute atomic E-state index is 0.0458. The minimum Gasteiger partial charge on any atom is -0.417 e. The zero-order valence-corrected chi connectivity index (χ0v) is 14.3. The van der Waals surface area contributed by atoms with Crippen LogP contribution in [-0.4, -0.2) is 10.9 Å². The van der Waals surface area contributed by atoms with Crippen LogP contribution in [0.15, 0.2) is 24.3 Å². The van der Waals surface area contributed by atoms with Gasteiger partial charge in [-0.25, -0.2) is 4.79 Å². The summed E-state index contributed by atoms with van der Waals surface area (Å²) in [6.07, 6.45) is 10.5. The summed E-state index contributed by atoms with van der Waals surface area (Å²) in [6, 6.07) is 5.35. The summed E-state index contributed by atoms with van der Waals surface area (Å²) in [5.74, 6) is 4.88. The van der Waals surface area contributed by atoms with Crippen molar-refractivity contribution in [2.24, 2.45) is 0 Å². The van der Waals surface area contributed by atoms with E-state index in [9.17, 15) is 14.9 Å². The number of hydrogen-bond acceptors (Lipinski definition) is 4. The summed E-state index contributed by atoms with van der Waals surface area (Å²) in [7, 11) is 0. The quantitative estimate of drug-likeness (QED) is 0.115. The number of rotatable bonds is 10. The van der Waals surface area contributed by atoms with Gasteiger partial charge in [-0.15, -0.1) is 0 Å². The molecule has 130 valence electrons. The molecule has 1 aromatic carbocycles. The molecule has 0 fully saturated rings. The molecule has 5 nitrogen and oxygen atoms in total. The number of hydrogen-bond donors (Lipinski definition) is 0. The van der Waals surface area contributed by atoms with Crippen molar-refractivity contribution in [2.45, 2.75) is 64.7 Å². The fourth-order valence-electron chi connectivity index (χ4n) is 2.25. The van der Waals surface area contributed by atoms with Gasteiger partial charge in [-0.05, 0) is 18.6 Å². The third-order valence-electron chi connectivity index (χ3n) is 3.60. The predicted octanol–water partition coefficient (Wildman–Crippen LogP) is 5.03. The van der Waals surface area contributed by atoms with E-state index in [0.717, 1.165) is 12.8 Å². The molecule has 1 rings (SSSR count). The van der Waals surface area contributed by atoms with E-state index in [2.05, 4.69) is 18.8 Å². The Morgan fingerprint density at radius 2 is 1.62 bits per heavy atom. The molecule has 0 amide bonds. The number of nitro groups is 1. The molecule has 0 aliphatic heterocycles. The fourth-order valence-corrected chi connectivity index (χ4v) is 2.25. The third kappa shape index (κ3) is 8.94. The molecule has 1 aromatic rings. The summed E-state index contributed by atoms with van der Waals surface area (Å²) in [5, 5.41) is 10.5. The molecular weight excluding hydrogens is 306 g/mol. The standard InChI is InChI=1S/C19H25NO4/c1-2-3-4-5-6-7-8-9-10-11-12-19(21)24-18-15-13-17(14-16-18)20(22)23/h13-16H,2-10H2,1H3. The number of carbonyl (C=O) groups excluding carboxylic acids is 1. The largest absolute Gasteiger partial charge is 0.417 e. The van der Waals surface area contributed by atoms with E-state index >= 15 is 0 Å². The van der Waals surface area contributed by atoms with Crippen LogP contribution in [0.25, 0.3) is 0 Å². The van der Waals surface area contributed by atoms with E-state index in [1.54, 1.807) is 0 Å². The van der Waals surface area contributed by atoms with Crippen molar-refractivity contribution in [1.82, 2.24) is 0 Å². The van der Waals surface area contributed by atoms with Gasteiger partial charge in [0.15, 0.2) is 0 Å². The highest BCUT2D eigenvalue weighted by Gasteiger charge is 2.06. The number of ether oxygens (including phenoxy) is 1. The number of unbranched alkanes of at least 4 members (excludes halogenated alkanes) is 8. The maximum absolute atomic E-state index is 11.5. The van der Waals surface area contributed by atoms with Gasteiger partial charge >= 0.3 is 5.97 Å². The first-order valence-electron chi connectivity index (χ1n) is 8.58. The summed E-state index contributed by atoms with van der Waals surface area (Å²) >= 11 is 0. The normalized spacial score (nSPS) is 9.88. The molecule has 0 radical (unpaired) electrons. The molecule has 0 N–H and O–H groups in total. The Balaban J connectivity index is 2.15. The van der Waals surface area contributed by atoms with Crippen LogP contribution >= 0.6 is 0 Å². The molecule has 0 unspecified atom stereocenters. The highest BCUT2D eigenvalue weighted by molar-refractivity contribution is 5.90. The number of nitrogens with zero attached hydrogens (tertiary/aromatic N) is 1. The molecule has 0 heterocycles. The summed E-state index contributed by atoms with van der Waals surface area (Å²) in [5.41, 5.74) is -0.0458. The van der Waals surface area contributed by atoms with E-state index in [-0.39, 0.29) is 11.4 Å². The number of benzene rings is 1. The summed E-state index contributed by atoms with van der Waals surface area (Å²) < 4.78 is 5.00. The van der Waals surface area contributed by atoms with E-state index in [0.29, 0.717) is 6.42 Å². The molecule has 0 saturated carbocycles. The molecule has 0 aliphatic rings. The molecular formula is C19H25NO4. The van der Waals surface area contributed by atoms with Crippen molar-refractivity contribution in [3.8, 4) is 17.6 Å². The number of carbonyl (C=O) groups is 1. The van der Waals surface area contributed by atoms with Crippen LogP contribution in [0, 0.1) is 22.0 Å². The average Bonchev–Trinajstić information content (AvgIpc) is 2.57. The van der Waals surface area contributed by atoms with E-state index < -0.39 is 10.9 Å². The lowest BCUT2D eigenvalue weighted by Gasteiger charge is -1.99. The zero-order valence-electron chi connectivity index (χ0n) is 14.3. The monoisotopic (exact) mass is 331 g/mol. The van der Waals surface area contributed by atoms with Gasteiger partial charge < -0.3 is 4.74 Å². The van der Waals surface area contributed by atoms with Crippen molar-refractivity contribution < 1.29 is 14.5 Å². The first-order chi connectivity index (χ1) is 11.6. The van der Waals surface area contributed by atoms with Crippen molar-refractivity contribution in [2.75, 3.05) is 0 Å². The number of nitro benzene ring substituents is 1. The van der Waals surface area contributed by atoms with Gasteiger partial charge in [-0.2, -0.15) is 0 Å².